The van der Waals surface area contributed by atoms with E-state index in [4.69, 9.17) is 14.5 Å². The lowest BCUT2D eigenvalue weighted by Crippen LogP contribution is -2.49. The van der Waals surface area contributed by atoms with Crippen LogP contribution < -0.4 is 0 Å². The molecule has 0 saturated heterocycles. The van der Waals surface area contributed by atoms with E-state index in [0.717, 1.165) is 41.1 Å². The lowest BCUT2D eigenvalue weighted by atomic mass is 9.65. The predicted molar refractivity (Wildman–Crippen MR) is 183 cm³/mol. The molecule has 1 aliphatic carbocycles. The number of aromatic nitrogens is 2. The number of carbonyl (C=O) groups excluding carboxylic acids is 1. The van der Waals surface area contributed by atoms with Crippen molar-refractivity contribution in [1.82, 2.24) is 14.5 Å². The molecule has 0 amide bonds. The van der Waals surface area contributed by atoms with Crippen molar-refractivity contribution in [3.05, 3.63) is 101 Å². The van der Waals surface area contributed by atoms with Crippen molar-refractivity contribution in [3.63, 3.8) is 0 Å². The average Bonchev–Trinajstić information content (AvgIpc) is 3.32. The average molecular weight is 659 g/mol. The van der Waals surface area contributed by atoms with Crippen LogP contribution >= 0.6 is 24.8 Å². The van der Waals surface area contributed by atoms with Gasteiger partial charge in [-0.1, -0.05) is 63.2 Å². The number of fused-ring (bicyclic) bond motifs is 2. The number of imidazole rings is 1. The molecule has 1 unspecified atom stereocenters. The Labute approximate surface area is 279 Å². The van der Waals surface area contributed by atoms with E-state index in [9.17, 15) is 9.18 Å². The summed E-state index contributed by atoms with van der Waals surface area (Å²) in [4.78, 5) is 20.0. The highest BCUT2D eigenvalue weighted by Crippen LogP contribution is 2.48. The lowest BCUT2D eigenvalue weighted by molar-refractivity contribution is -0.172. The van der Waals surface area contributed by atoms with Gasteiger partial charge in [-0.25, -0.2) is 14.2 Å². The highest BCUT2D eigenvalue weighted by Gasteiger charge is 2.47. The summed E-state index contributed by atoms with van der Waals surface area (Å²) in [5, 5.41) is 0. The first-order valence-corrected chi connectivity index (χ1v) is 15.3. The van der Waals surface area contributed by atoms with Crippen LogP contribution in [0.1, 0.15) is 73.5 Å². The molecule has 244 valence electrons. The first-order chi connectivity index (χ1) is 20.6. The van der Waals surface area contributed by atoms with E-state index in [2.05, 4.69) is 80.7 Å². The Hall–Kier alpha value is -2.97. The smallest absolute Gasteiger partial charge is 0.332 e. The van der Waals surface area contributed by atoms with Crippen molar-refractivity contribution in [2.75, 3.05) is 27.3 Å². The second kappa shape index (κ2) is 15.5. The second-order valence-electron chi connectivity index (χ2n) is 12.5. The monoisotopic (exact) mass is 657 g/mol. The zero-order chi connectivity index (χ0) is 30.7. The predicted octanol–water partition coefficient (Wildman–Crippen LogP) is 7.84. The molecule has 45 heavy (non-hydrogen) atoms. The molecule has 0 N–H and O–H groups in total. The van der Waals surface area contributed by atoms with Gasteiger partial charge in [-0.15, -0.1) is 24.8 Å². The first kappa shape index (κ1) is 36.5. The van der Waals surface area contributed by atoms with Gasteiger partial charge in [0.1, 0.15) is 23.8 Å². The molecule has 9 heteroatoms. The zero-order valence-corrected chi connectivity index (χ0v) is 28.7. The van der Waals surface area contributed by atoms with E-state index < -0.39 is 5.60 Å². The molecule has 6 nitrogen and oxygen atoms in total. The minimum atomic E-state index is -0.687. The second-order valence-corrected chi connectivity index (χ2v) is 12.5. The van der Waals surface area contributed by atoms with Crippen molar-refractivity contribution in [2.24, 2.45) is 13.0 Å². The molecular weight excluding hydrogens is 612 g/mol. The maximum absolute atomic E-state index is 14.1. The summed E-state index contributed by atoms with van der Waals surface area (Å²) in [7, 11) is 5.69. The van der Waals surface area contributed by atoms with Gasteiger partial charge in [-0.05, 0) is 72.3 Å². The molecule has 3 aromatic carbocycles. The molecular formula is C36H46Cl2FN3O3. The van der Waals surface area contributed by atoms with Crippen molar-refractivity contribution in [1.29, 1.82) is 0 Å². The number of ether oxygens (including phenoxy) is 2. The van der Waals surface area contributed by atoms with Crippen LogP contribution in [0.25, 0.3) is 11.0 Å². The van der Waals surface area contributed by atoms with Gasteiger partial charge < -0.3 is 18.9 Å². The number of para-hydroxylation sites is 2. The molecule has 0 saturated carbocycles. The van der Waals surface area contributed by atoms with E-state index in [1.807, 2.05) is 18.2 Å². The van der Waals surface area contributed by atoms with Crippen molar-refractivity contribution in [2.45, 2.75) is 64.0 Å². The Bertz CT molecular complexity index is 1580. The van der Waals surface area contributed by atoms with Crippen LogP contribution in [0.2, 0.25) is 0 Å². The molecule has 0 aliphatic heterocycles. The van der Waals surface area contributed by atoms with Gasteiger partial charge in [0, 0.05) is 45.5 Å². The summed E-state index contributed by atoms with van der Waals surface area (Å²) in [6.45, 7) is 7.95. The van der Waals surface area contributed by atoms with Gasteiger partial charge in [-0.3, -0.25) is 0 Å². The molecule has 0 bridgehead atoms. The van der Waals surface area contributed by atoms with Crippen LogP contribution in [0.4, 0.5) is 4.39 Å². The van der Waals surface area contributed by atoms with Gasteiger partial charge in [-0.2, -0.15) is 0 Å². The summed E-state index contributed by atoms with van der Waals surface area (Å²) in [5.74, 6) is 0.813. The summed E-state index contributed by atoms with van der Waals surface area (Å²) in [5.41, 5.74) is 6.02. The normalized spacial score (nSPS) is 18.3. The minimum Gasteiger partial charge on any atom is -0.457 e. The number of methoxy groups -OCH3 is 1. The third-order valence-electron chi connectivity index (χ3n) is 9.13. The fraction of sp³-hybridized carbons (Fsp3) is 0.444. The number of rotatable bonds is 11. The Kier molecular flexibility index (Phi) is 12.6. The largest absolute Gasteiger partial charge is 0.457 e. The maximum atomic E-state index is 14.1. The standard InChI is InChI=1S/C36H44FN3O3.2ClH/c1-24(2)34-30-16-15-29(37)21-28(30)17-18-36(34,43-33(41)23-42-6)19-20-39(4)22-26-11-13-27(14-12-26)25(3)35-38-31-9-7-8-10-32(31)40(35)5;;/h7-16,21,24-25,34H,17-20,22-23H2,1-6H3;2*1H/t25?,34-,36-;;/m0../s1. The number of aryl methyl sites for hydroxylation is 2. The van der Waals surface area contributed by atoms with Crippen molar-refractivity contribution in [3.8, 4) is 0 Å². The zero-order valence-electron chi connectivity index (χ0n) is 27.1. The molecule has 1 aliphatic rings. The quantitative estimate of drug-likeness (QED) is 0.154. The lowest BCUT2D eigenvalue weighted by Gasteiger charge is -2.47. The van der Waals surface area contributed by atoms with Crippen LogP contribution in [-0.4, -0.2) is 53.3 Å². The highest BCUT2D eigenvalue weighted by atomic mass is 35.5. The number of hydrogen-bond donors (Lipinski definition) is 0. The Morgan fingerprint density at radius 1 is 1.09 bits per heavy atom. The molecule has 1 heterocycles. The van der Waals surface area contributed by atoms with Crippen molar-refractivity contribution < 1.29 is 18.7 Å². The number of carbonyl (C=O) groups is 1. The Morgan fingerprint density at radius 2 is 1.80 bits per heavy atom. The SMILES string of the molecule is COCC(=O)O[C@]1(CCN(C)Cc2ccc(C(C)c3nc4ccccc4n3C)cc2)CCc2cc(F)ccc2[C@@H]1C(C)C.Cl.Cl. The molecule has 3 atom stereocenters. The minimum absolute atomic E-state index is 0. The van der Waals surface area contributed by atoms with Crippen LogP contribution in [0, 0.1) is 11.7 Å². The number of benzene rings is 3. The molecule has 0 spiro atoms. The molecule has 5 rings (SSSR count). The topological polar surface area (TPSA) is 56.6 Å². The van der Waals surface area contributed by atoms with Gasteiger partial charge >= 0.3 is 5.97 Å². The van der Waals surface area contributed by atoms with Gasteiger partial charge in [0.15, 0.2) is 0 Å². The molecule has 4 aromatic rings. The first-order valence-electron chi connectivity index (χ1n) is 15.3. The van der Waals surface area contributed by atoms with Gasteiger partial charge in [0.05, 0.1) is 11.0 Å². The fourth-order valence-electron chi connectivity index (χ4n) is 7.05. The third kappa shape index (κ3) is 7.89. The van der Waals surface area contributed by atoms with E-state index >= 15 is 0 Å². The van der Waals surface area contributed by atoms with E-state index in [1.165, 1.54) is 24.3 Å². The third-order valence-corrected chi connectivity index (χ3v) is 9.13. The molecule has 1 aromatic heterocycles. The van der Waals surface area contributed by atoms with Crippen LogP contribution in [0.15, 0.2) is 66.7 Å². The summed E-state index contributed by atoms with van der Waals surface area (Å²) >= 11 is 0. The molecule has 0 fully saturated rings. The van der Waals surface area contributed by atoms with Crippen LogP contribution in [0.3, 0.4) is 0 Å². The Balaban J connectivity index is 0.00000276. The van der Waals surface area contributed by atoms with Crippen LogP contribution in [-0.2, 0) is 34.3 Å². The van der Waals surface area contributed by atoms with Crippen molar-refractivity contribution >= 4 is 41.8 Å². The van der Waals surface area contributed by atoms with E-state index in [-0.39, 0.29) is 61.0 Å². The fourth-order valence-corrected chi connectivity index (χ4v) is 7.05. The number of halogens is 3. The Morgan fingerprint density at radius 3 is 2.47 bits per heavy atom. The number of esters is 1. The van der Waals surface area contributed by atoms with Gasteiger partial charge in [0.25, 0.3) is 0 Å². The van der Waals surface area contributed by atoms with Gasteiger partial charge in [0.2, 0.25) is 0 Å². The molecule has 0 radical (unpaired) electrons. The summed E-state index contributed by atoms with van der Waals surface area (Å²) in [6, 6.07) is 22.1. The number of nitrogens with zero attached hydrogens (tertiary/aromatic N) is 3. The van der Waals surface area contributed by atoms with E-state index in [0.29, 0.717) is 19.3 Å². The highest BCUT2D eigenvalue weighted by molar-refractivity contribution is 5.85. The number of hydrogen-bond acceptors (Lipinski definition) is 5. The summed E-state index contributed by atoms with van der Waals surface area (Å²) < 4.78 is 27.7. The van der Waals surface area contributed by atoms with Crippen LogP contribution in [0.5, 0.6) is 0 Å². The summed E-state index contributed by atoms with van der Waals surface area (Å²) in [6.07, 6.45) is 2.01. The van der Waals surface area contributed by atoms with E-state index in [1.54, 1.807) is 6.07 Å². The maximum Gasteiger partial charge on any atom is 0.332 e.